The number of aliphatic hydroxyl groups excluding tert-OH is 1. The number of nitrogens with one attached hydrogen (secondary N) is 2. The fourth-order valence-corrected chi connectivity index (χ4v) is 3.36. The average Bonchev–Trinajstić information content (AvgIpc) is 3.04. The number of rotatable bonds is 5. The third-order valence-electron chi connectivity index (χ3n) is 4.82. The van der Waals surface area contributed by atoms with Gasteiger partial charge in [0.25, 0.3) is 11.5 Å². The molecule has 8 heteroatoms. The summed E-state index contributed by atoms with van der Waals surface area (Å²) >= 11 is 0. The molecule has 1 aromatic carbocycles. The van der Waals surface area contributed by atoms with E-state index in [4.69, 9.17) is 9.47 Å². The van der Waals surface area contributed by atoms with Gasteiger partial charge in [-0.15, -0.1) is 0 Å². The van der Waals surface area contributed by atoms with Gasteiger partial charge in [0.05, 0.1) is 6.54 Å². The van der Waals surface area contributed by atoms with Crippen LogP contribution in [0.25, 0.3) is 0 Å². The molecular formula is C18H20N2O6. The fourth-order valence-electron chi connectivity index (χ4n) is 3.36. The first-order valence-electron chi connectivity index (χ1n) is 8.09. The van der Waals surface area contributed by atoms with Crippen LogP contribution in [0, 0.1) is 0 Å². The zero-order valence-corrected chi connectivity index (χ0v) is 14.7. The molecule has 138 valence electrons. The normalized spacial score (nSPS) is 30.7. The second-order valence-corrected chi connectivity index (χ2v) is 6.24. The number of aliphatic hydroxyl groups is 1. The van der Waals surface area contributed by atoms with Crippen LogP contribution in [0.2, 0.25) is 0 Å². The maximum absolute atomic E-state index is 13.0. The Labute approximate surface area is 150 Å². The van der Waals surface area contributed by atoms with Gasteiger partial charge < -0.3 is 25.2 Å². The average molecular weight is 360 g/mol. The number of benzene rings is 1. The largest absolute Gasteiger partial charge is 0.469 e. The van der Waals surface area contributed by atoms with E-state index in [1.807, 2.05) is 0 Å². The first-order chi connectivity index (χ1) is 12.3. The molecule has 26 heavy (non-hydrogen) atoms. The van der Waals surface area contributed by atoms with E-state index in [-0.39, 0.29) is 23.4 Å². The smallest absolute Gasteiger partial charge is 0.278 e. The van der Waals surface area contributed by atoms with Crippen molar-refractivity contribution >= 4 is 17.5 Å². The van der Waals surface area contributed by atoms with Crippen LogP contribution in [-0.2, 0) is 19.1 Å². The van der Waals surface area contributed by atoms with E-state index in [0.717, 1.165) is 0 Å². The summed E-state index contributed by atoms with van der Waals surface area (Å²) in [4.78, 5) is 38.5. The quantitative estimate of drug-likeness (QED) is 0.481. The summed E-state index contributed by atoms with van der Waals surface area (Å²) < 4.78 is 10.9. The van der Waals surface area contributed by atoms with Crippen molar-refractivity contribution in [1.29, 1.82) is 0 Å². The fraction of sp³-hybridized carbons (Fsp3) is 0.389. The van der Waals surface area contributed by atoms with Gasteiger partial charge in [-0.25, -0.2) is 0 Å². The zero-order valence-electron chi connectivity index (χ0n) is 14.7. The molecule has 2 aliphatic heterocycles. The molecule has 1 amide bonds. The van der Waals surface area contributed by atoms with Crippen LogP contribution in [0.15, 0.2) is 41.7 Å². The molecule has 1 spiro atoms. The van der Waals surface area contributed by atoms with Gasteiger partial charge in [-0.05, 0) is 14.0 Å². The van der Waals surface area contributed by atoms with Gasteiger partial charge in [0.2, 0.25) is 17.3 Å². The topological polar surface area (TPSA) is 114 Å². The van der Waals surface area contributed by atoms with Crippen molar-refractivity contribution in [2.45, 2.75) is 24.4 Å². The minimum atomic E-state index is -2.24. The lowest BCUT2D eigenvalue weighted by Gasteiger charge is -2.32. The van der Waals surface area contributed by atoms with Crippen LogP contribution < -0.4 is 10.6 Å². The molecule has 3 atom stereocenters. The number of hydrogen-bond donors (Lipinski definition) is 3. The van der Waals surface area contributed by atoms with Crippen LogP contribution in [-0.4, -0.2) is 60.7 Å². The predicted octanol–water partition coefficient (Wildman–Crippen LogP) is -0.466. The zero-order chi connectivity index (χ0) is 19.1. The second kappa shape index (κ2) is 6.31. The first-order valence-corrected chi connectivity index (χ1v) is 8.09. The minimum Gasteiger partial charge on any atom is -0.469 e. The maximum atomic E-state index is 13.0. The van der Waals surface area contributed by atoms with Crippen LogP contribution in [0.1, 0.15) is 17.3 Å². The van der Waals surface area contributed by atoms with Crippen molar-refractivity contribution in [1.82, 2.24) is 10.6 Å². The van der Waals surface area contributed by atoms with Crippen molar-refractivity contribution < 1.29 is 29.0 Å². The van der Waals surface area contributed by atoms with Crippen molar-refractivity contribution in [2.24, 2.45) is 0 Å². The van der Waals surface area contributed by atoms with Crippen LogP contribution in [0.4, 0.5) is 0 Å². The van der Waals surface area contributed by atoms with Crippen LogP contribution >= 0.6 is 0 Å². The highest BCUT2D eigenvalue weighted by atomic mass is 16.6. The van der Waals surface area contributed by atoms with Gasteiger partial charge in [-0.1, -0.05) is 30.3 Å². The number of carbonyl (C=O) groups is 3. The molecule has 1 fully saturated rings. The SMILES string of the molecule is CNCC1=C(C)C(=O)[C@]2(O1)C(=O)N[C@@](OC)(C(=O)c1ccccc1)[C@@H]2O. The summed E-state index contributed by atoms with van der Waals surface area (Å²) in [6, 6.07) is 8.07. The Hall–Kier alpha value is -2.55. The first kappa shape index (κ1) is 18.2. The predicted molar refractivity (Wildman–Crippen MR) is 90.1 cm³/mol. The highest BCUT2D eigenvalue weighted by Gasteiger charge is 2.73. The number of amides is 1. The Balaban J connectivity index is 2.05. The van der Waals surface area contributed by atoms with E-state index in [0.29, 0.717) is 0 Å². The van der Waals surface area contributed by atoms with Crippen LogP contribution in [0.3, 0.4) is 0 Å². The lowest BCUT2D eigenvalue weighted by molar-refractivity contribution is -0.160. The van der Waals surface area contributed by atoms with Gasteiger partial charge in [-0.2, -0.15) is 0 Å². The highest BCUT2D eigenvalue weighted by Crippen LogP contribution is 2.42. The molecule has 0 unspecified atom stereocenters. The van der Waals surface area contributed by atoms with E-state index < -0.39 is 34.9 Å². The summed E-state index contributed by atoms with van der Waals surface area (Å²) in [6.45, 7) is 1.71. The second-order valence-electron chi connectivity index (χ2n) is 6.24. The molecule has 8 nitrogen and oxygen atoms in total. The Morgan fingerprint density at radius 3 is 2.58 bits per heavy atom. The summed E-state index contributed by atoms with van der Waals surface area (Å²) in [5.74, 6) is -2.03. The van der Waals surface area contributed by atoms with Crippen LogP contribution in [0.5, 0.6) is 0 Å². The van der Waals surface area contributed by atoms with Gasteiger partial charge in [0.15, 0.2) is 6.10 Å². The molecule has 0 radical (unpaired) electrons. The van der Waals surface area contributed by atoms with Gasteiger partial charge in [-0.3, -0.25) is 14.4 Å². The molecule has 2 aliphatic rings. The van der Waals surface area contributed by atoms with Crippen molar-refractivity contribution in [3.8, 4) is 0 Å². The van der Waals surface area contributed by atoms with Gasteiger partial charge >= 0.3 is 0 Å². The number of ether oxygens (including phenoxy) is 2. The van der Waals surface area contributed by atoms with Gasteiger partial charge in [0, 0.05) is 18.2 Å². The van der Waals surface area contributed by atoms with E-state index in [9.17, 15) is 19.5 Å². The molecule has 3 rings (SSSR count). The van der Waals surface area contributed by atoms with Crippen molar-refractivity contribution in [3.05, 3.63) is 47.2 Å². The maximum Gasteiger partial charge on any atom is 0.278 e. The summed E-state index contributed by atoms with van der Waals surface area (Å²) in [5.41, 5.74) is -3.93. The van der Waals surface area contributed by atoms with Crippen molar-refractivity contribution in [3.63, 3.8) is 0 Å². The number of ketones is 2. The van der Waals surface area contributed by atoms with E-state index >= 15 is 0 Å². The number of Topliss-reactive ketones (excluding diaryl/α,β-unsaturated/α-hetero) is 2. The Morgan fingerprint density at radius 2 is 2.00 bits per heavy atom. The third kappa shape index (κ3) is 2.23. The molecule has 0 aliphatic carbocycles. The summed E-state index contributed by atoms with van der Waals surface area (Å²) in [7, 11) is 2.83. The molecule has 0 bridgehead atoms. The molecule has 0 saturated carbocycles. The number of hydrogen-bond acceptors (Lipinski definition) is 7. The molecule has 2 heterocycles. The molecule has 3 N–H and O–H groups in total. The lowest BCUT2D eigenvalue weighted by Crippen LogP contribution is -2.60. The lowest BCUT2D eigenvalue weighted by atomic mass is 9.85. The van der Waals surface area contributed by atoms with Crippen molar-refractivity contribution in [2.75, 3.05) is 20.7 Å². The number of likely N-dealkylation sites (N-methyl/N-ethyl adjacent to an activating group) is 1. The Morgan fingerprint density at radius 1 is 1.35 bits per heavy atom. The molecular weight excluding hydrogens is 340 g/mol. The van der Waals surface area contributed by atoms with E-state index in [1.54, 1.807) is 25.2 Å². The highest BCUT2D eigenvalue weighted by molar-refractivity contribution is 6.23. The van der Waals surface area contributed by atoms with E-state index in [2.05, 4.69) is 10.6 Å². The molecule has 0 aromatic heterocycles. The van der Waals surface area contributed by atoms with Gasteiger partial charge in [0.1, 0.15) is 5.76 Å². The monoisotopic (exact) mass is 360 g/mol. The summed E-state index contributed by atoms with van der Waals surface area (Å²) in [6.07, 6.45) is -1.86. The third-order valence-corrected chi connectivity index (χ3v) is 4.82. The van der Waals surface area contributed by atoms with E-state index in [1.165, 1.54) is 26.2 Å². The molecule has 1 aromatic rings. The Bertz CT molecular complexity index is 805. The Kier molecular flexibility index (Phi) is 4.43. The molecule has 1 saturated heterocycles. The summed E-state index contributed by atoms with van der Waals surface area (Å²) in [5, 5.41) is 16.1. The number of carbonyl (C=O) groups excluding carboxylic acids is 3. The number of methoxy groups -OCH3 is 1. The minimum absolute atomic E-state index is 0.200. The standard InChI is InChI=1S/C18H20N2O6/c1-10-12(9-19-2)26-17(13(10)21)15(23)18(25-3,20-16(17)24)14(22)11-7-5-4-6-8-11/h4-8,15,19,23H,9H2,1-3H3,(H,20,24)/t15-,17-,18-/m1/s1.